The number of halogens is 1. The van der Waals surface area contributed by atoms with E-state index in [-0.39, 0.29) is 24.4 Å². The molecular formula is C11H22ClN3OS. The van der Waals surface area contributed by atoms with Gasteiger partial charge in [-0.05, 0) is 33.0 Å². The number of carbonyl (C=O) groups excluding carboxylic acids is 1. The molecule has 0 bridgehead atoms. The standard InChI is InChI=1S/C11H21N3OS.ClH/c1-13-5-3-9(4-6-13)14(2)11(15)10-7-16-8-12-10;/h9-10,12H,3-8H2,1-2H3;1H. The third kappa shape index (κ3) is 3.74. The molecule has 100 valence electrons. The Kier molecular flexibility index (Phi) is 6.06. The number of rotatable bonds is 2. The molecule has 0 spiro atoms. The molecule has 0 aromatic carbocycles. The van der Waals surface area contributed by atoms with Crippen molar-refractivity contribution in [2.75, 3.05) is 38.8 Å². The normalized spacial score (nSPS) is 26.6. The Morgan fingerprint density at radius 2 is 2.06 bits per heavy atom. The maximum Gasteiger partial charge on any atom is 0.240 e. The first-order chi connectivity index (χ1) is 7.68. The molecule has 1 N–H and O–H groups in total. The second kappa shape index (κ2) is 6.83. The Balaban J connectivity index is 0.00000144. The van der Waals surface area contributed by atoms with E-state index in [9.17, 15) is 4.79 Å². The van der Waals surface area contributed by atoms with Crippen molar-refractivity contribution in [3.8, 4) is 0 Å². The third-order valence-corrected chi connectivity index (χ3v) is 4.54. The van der Waals surface area contributed by atoms with E-state index in [1.807, 2.05) is 23.7 Å². The number of amides is 1. The van der Waals surface area contributed by atoms with Crippen molar-refractivity contribution in [2.24, 2.45) is 0 Å². The number of nitrogens with zero attached hydrogens (tertiary/aromatic N) is 2. The summed E-state index contributed by atoms with van der Waals surface area (Å²) in [6.07, 6.45) is 2.22. The monoisotopic (exact) mass is 279 g/mol. The summed E-state index contributed by atoms with van der Waals surface area (Å²) in [5, 5.41) is 3.25. The van der Waals surface area contributed by atoms with Crippen LogP contribution in [0.1, 0.15) is 12.8 Å². The lowest BCUT2D eigenvalue weighted by atomic mass is 10.0. The zero-order chi connectivity index (χ0) is 11.5. The lowest BCUT2D eigenvalue weighted by molar-refractivity contribution is -0.134. The van der Waals surface area contributed by atoms with Gasteiger partial charge in [0, 0.05) is 24.7 Å². The Bertz CT molecular complexity index is 253. The van der Waals surface area contributed by atoms with Crippen LogP contribution in [0.3, 0.4) is 0 Å². The molecule has 2 aliphatic rings. The molecule has 0 radical (unpaired) electrons. The minimum absolute atomic E-state index is 0. The summed E-state index contributed by atoms with van der Waals surface area (Å²) in [4.78, 5) is 16.5. The van der Waals surface area contributed by atoms with Crippen molar-refractivity contribution >= 4 is 30.1 Å². The van der Waals surface area contributed by atoms with Gasteiger partial charge < -0.3 is 9.80 Å². The van der Waals surface area contributed by atoms with Gasteiger partial charge in [-0.15, -0.1) is 24.2 Å². The minimum atomic E-state index is 0. The molecule has 1 atom stereocenters. The molecule has 1 unspecified atom stereocenters. The number of hydrogen-bond acceptors (Lipinski definition) is 4. The molecule has 4 nitrogen and oxygen atoms in total. The number of hydrogen-bond donors (Lipinski definition) is 1. The molecule has 0 aliphatic carbocycles. The summed E-state index contributed by atoms with van der Waals surface area (Å²) < 4.78 is 0. The fourth-order valence-electron chi connectivity index (χ4n) is 2.36. The fourth-order valence-corrected chi connectivity index (χ4v) is 3.29. The Morgan fingerprint density at radius 1 is 1.41 bits per heavy atom. The van der Waals surface area contributed by atoms with Crippen molar-refractivity contribution in [3.63, 3.8) is 0 Å². The first kappa shape index (κ1) is 15.1. The predicted molar refractivity (Wildman–Crippen MR) is 74.8 cm³/mol. The van der Waals surface area contributed by atoms with E-state index in [0.29, 0.717) is 6.04 Å². The van der Waals surface area contributed by atoms with Gasteiger partial charge in [0.2, 0.25) is 5.91 Å². The van der Waals surface area contributed by atoms with Crippen molar-refractivity contribution in [2.45, 2.75) is 24.9 Å². The summed E-state index contributed by atoms with van der Waals surface area (Å²) in [6, 6.07) is 0.491. The highest BCUT2D eigenvalue weighted by Gasteiger charge is 2.30. The van der Waals surface area contributed by atoms with Crippen LogP contribution in [0.4, 0.5) is 0 Å². The van der Waals surface area contributed by atoms with Gasteiger partial charge in [0.25, 0.3) is 0 Å². The zero-order valence-corrected chi connectivity index (χ0v) is 12.1. The predicted octanol–water partition coefficient (Wildman–Crippen LogP) is 0.623. The smallest absolute Gasteiger partial charge is 0.240 e. The van der Waals surface area contributed by atoms with E-state index in [1.54, 1.807) is 0 Å². The maximum atomic E-state index is 12.2. The number of likely N-dealkylation sites (N-methyl/N-ethyl adjacent to an activating group) is 1. The molecule has 2 aliphatic heterocycles. The van der Waals surface area contributed by atoms with E-state index in [2.05, 4.69) is 17.3 Å². The van der Waals surface area contributed by atoms with Crippen molar-refractivity contribution in [1.82, 2.24) is 15.1 Å². The third-order valence-electron chi connectivity index (χ3n) is 3.60. The second-order valence-corrected chi connectivity index (χ2v) is 5.79. The highest BCUT2D eigenvalue weighted by atomic mass is 35.5. The molecule has 1 amide bonds. The first-order valence-electron chi connectivity index (χ1n) is 5.95. The summed E-state index contributed by atoms with van der Waals surface area (Å²) in [5.74, 6) is 2.12. The molecule has 2 saturated heterocycles. The van der Waals surface area contributed by atoms with E-state index < -0.39 is 0 Å². The van der Waals surface area contributed by atoms with E-state index >= 15 is 0 Å². The topological polar surface area (TPSA) is 35.6 Å². The molecule has 2 heterocycles. The van der Waals surface area contributed by atoms with Gasteiger partial charge in [0.1, 0.15) is 0 Å². The molecule has 2 rings (SSSR count). The number of likely N-dealkylation sites (tertiary alicyclic amines) is 1. The second-order valence-electron chi connectivity index (χ2n) is 4.76. The quantitative estimate of drug-likeness (QED) is 0.804. The molecule has 17 heavy (non-hydrogen) atoms. The van der Waals surface area contributed by atoms with Crippen LogP contribution in [-0.4, -0.2) is 66.6 Å². The molecular weight excluding hydrogens is 258 g/mol. The maximum absolute atomic E-state index is 12.2. The van der Waals surface area contributed by atoms with Crippen molar-refractivity contribution < 1.29 is 4.79 Å². The fraction of sp³-hybridized carbons (Fsp3) is 0.909. The van der Waals surface area contributed by atoms with Crippen molar-refractivity contribution in [3.05, 3.63) is 0 Å². The van der Waals surface area contributed by atoms with Crippen molar-refractivity contribution in [1.29, 1.82) is 0 Å². The van der Waals surface area contributed by atoms with Crippen LogP contribution in [0, 0.1) is 0 Å². The number of carbonyl (C=O) groups is 1. The van der Waals surface area contributed by atoms with E-state index in [1.165, 1.54) is 0 Å². The zero-order valence-electron chi connectivity index (χ0n) is 10.5. The van der Waals surface area contributed by atoms with Crippen LogP contribution in [0.25, 0.3) is 0 Å². The van der Waals surface area contributed by atoms with Gasteiger partial charge in [-0.3, -0.25) is 10.1 Å². The Labute approximate surface area is 114 Å². The molecule has 6 heteroatoms. The highest BCUT2D eigenvalue weighted by Crippen LogP contribution is 2.17. The summed E-state index contributed by atoms with van der Waals surface area (Å²) in [7, 11) is 4.11. The van der Waals surface area contributed by atoms with Crippen LogP contribution in [0.2, 0.25) is 0 Å². The summed E-state index contributed by atoms with van der Waals surface area (Å²) in [5.41, 5.74) is 0. The lowest BCUT2D eigenvalue weighted by Gasteiger charge is -2.36. The summed E-state index contributed by atoms with van der Waals surface area (Å²) in [6.45, 7) is 2.21. The largest absolute Gasteiger partial charge is 0.341 e. The van der Waals surface area contributed by atoms with Gasteiger partial charge in [0.15, 0.2) is 0 Å². The molecule has 0 aromatic heterocycles. The van der Waals surface area contributed by atoms with E-state index in [4.69, 9.17) is 0 Å². The van der Waals surface area contributed by atoms with Crippen LogP contribution in [0.15, 0.2) is 0 Å². The number of thioether (sulfide) groups is 1. The van der Waals surface area contributed by atoms with Crippen LogP contribution < -0.4 is 5.32 Å². The molecule has 0 saturated carbocycles. The SMILES string of the molecule is CN1CCC(N(C)C(=O)C2CSCN2)CC1.Cl. The highest BCUT2D eigenvalue weighted by molar-refractivity contribution is 7.99. The average molecular weight is 280 g/mol. The number of nitrogens with one attached hydrogen (secondary N) is 1. The van der Waals surface area contributed by atoms with Crippen LogP contribution in [-0.2, 0) is 4.79 Å². The van der Waals surface area contributed by atoms with Crippen LogP contribution >= 0.6 is 24.2 Å². The van der Waals surface area contributed by atoms with Crippen LogP contribution in [0.5, 0.6) is 0 Å². The average Bonchev–Trinajstić information content (AvgIpc) is 2.81. The molecule has 0 aromatic rings. The van der Waals surface area contributed by atoms with Gasteiger partial charge in [-0.2, -0.15) is 0 Å². The lowest BCUT2D eigenvalue weighted by Crippen LogP contribution is -2.50. The van der Waals surface area contributed by atoms with Gasteiger partial charge in [-0.1, -0.05) is 0 Å². The Morgan fingerprint density at radius 3 is 2.59 bits per heavy atom. The first-order valence-corrected chi connectivity index (χ1v) is 7.10. The van der Waals surface area contributed by atoms with E-state index in [0.717, 1.165) is 37.6 Å². The van der Waals surface area contributed by atoms with Gasteiger partial charge >= 0.3 is 0 Å². The minimum Gasteiger partial charge on any atom is -0.341 e. The Hall–Kier alpha value is 0.0300. The van der Waals surface area contributed by atoms with Gasteiger partial charge in [-0.25, -0.2) is 0 Å². The van der Waals surface area contributed by atoms with Gasteiger partial charge in [0.05, 0.1) is 6.04 Å². The summed E-state index contributed by atoms with van der Waals surface area (Å²) >= 11 is 1.81. The molecule has 2 fully saturated rings. The number of piperidine rings is 1.